The number of amides is 1. The van der Waals surface area contributed by atoms with Crippen molar-refractivity contribution in [3.63, 3.8) is 0 Å². The second-order valence-corrected chi connectivity index (χ2v) is 11.7. The summed E-state index contributed by atoms with van der Waals surface area (Å²) in [6, 6.07) is 22.3. The number of carbonyl (C=O) groups is 1. The van der Waals surface area contributed by atoms with Crippen molar-refractivity contribution in [1.29, 1.82) is 0 Å². The molecule has 1 fully saturated rings. The van der Waals surface area contributed by atoms with E-state index in [0.29, 0.717) is 35.0 Å². The van der Waals surface area contributed by atoms with E-state index < -0.39 is 15.9 Å². The van der Waals surface area contributed by atoms with Crippen LogP contribution in [-0.2, 0) is 20.6 Å². The van der Waals surface area contributed by atoms with Gasteiger partial charge in [-0.15, -0.1) is 0 Å². The number of sulfonamides is 1. The third kappa shape index (κ3) is 6.25. The molecule has 0 spiro atoms. The van der Waals surface area contributed by atoms with Crippen molar-refractivity contribution in [3.8, 4) is 0 Å². The molecule has 3 aromatic carbocycles. The third-order valence-electron chi connectivity index (χ3n) is 6.42. The summed E-state index contributed by atoms with van der Waals surface area (Å²) in [6.07, 6.45) is 1.25. The van der Waals surface area contributed by atoms with Gasteiger partial charge < -0.3 is 5.32 Å². The Morgan fingerprint density at radius 1 is 1.06 bits per heavy atom. The zero-order chi connectivity index (χ0) is 25.0. The van der Waals surface area contributed by atoms with Crippen molar-refractivity contribution in [2.24, 2.45) is 5.92 Å². The molecule has 5 nitrogen and oxygen atoms in total. The van der Waals surface area contributed by atoms with Crippen molar-refractivity contribution < 1.29 is 13.2 Å². The highest BCUT2D eigenvalue weighted by atomic mass is 35.5. The first-order valence-electron chi connectivity index (χ1n) is 11.6. The predicted octanol–water partition coefficient (Wildman–Crippen LogP) is 5.75. The molecule has 0 aromatic heterocycles. The summed E-state index contributed by atoms with van der Waals surface area (Å²) in [5.41, 5.74) is 3.57. The van der Waals surface area contributed by atoms with Crippen molar-refractivity contribution in [3.05, 3.63) is 105 Å². The van der Waals surface area contributed by atoms with E-state index in [0.717, 1.165) is 16.7 Å². The number of halogens is 2. The number of hydrogen-bond donors (Lipinski definition) is 1. The quantitative estimate of drug-likeness (QED) is 0.422. The minimum atomic E-state index is -3.65. The minimum absolute atomic E-state index is 0.147. The van der Waals surface area contributed by atoms with Crippen molar-refractivity contribution in [2.45, 2.75) is 31.6 Å². The Hall–Kier alpha value is -2.38. The third-order valence-corrected chi connectivity index (χ3v) is 8.80. The number of benzene rings is 3. The highest BCUT2D eigenvalue weighted by Crippen LogP contribution is 2.29. The molecule has 1 saturated heterocycles. The molecule has 0 unspecified atom stereocenters. The van der Waals surface area contributed by atoms with Gasteiger partial charge >= 0.3 is 0 Å². The Morgan fingerprint density at radius 3 is 2.49 bits per heavy atom. The Bertz CT molecular complexity index is 1300. The maximum absolute atomic E-state index is 13.4. The van der Waals surface area contributed by atoms with Gasteiger partial charge in [-0.05, 0) is 54.2 Å². The average molecular weight is 532 g/mol. The fraction of sp³-hybridized carbons (Fsp3) is 0.296. The van der Waals surface area contributed by atoms with Crippen LogP contribution in [0.25, 0.3) is 0 Å². The lowest BCUT2D eigenvalue weighted by atomic mass is 9.93. The first-order valence-corrected chi connectivity index (χ1v) is 13.9. The fourth-order valence-corrected chi connectivity index (χ4v) is 6.69. The maximum Gasteiger partial charge on any atom is 0.225 e. The van der Waals surface area contributed by atoms with Gasteiger partial charge in [0.15, 0.2) is 0 Å². The molecule has 4 rings (SSSR count). The summed E-state index contributed by atoms with van der Waals surface area (Å²) in [5.74, 6) is -0.811. The van der Waals surface area contributed by atoms with Crippen LogP contribution < -0.4 is 5.32 Å². The molecular formula is C27H28Cl2N2O3S. The molecule has 1 aliphatic heterocycles. The molecule has 0 saturated carbocycles. The van der Waals surface area contributed by atoms with Crippen LogP contribution in [0, 0.1) is 12.8 Å². The molecule has 2 atom stereocenters. The van der Waals surface area contributed by atoms with E-state index in [4.69, 9.17) is 23.2 Å². The number of nitrogens with one attached hydrogen (secondary N) is 1. The van der Waals surface area contributed by atoms with Crippen molar-refractivity contribution >= 4 is 39.1 Å². The molecule has 184 valence electrons. The largest absolute Gasteiger partial charge is 0.345 e. The van der Waals surface area contributed by atoms with Gasteiger partial charge in [-0.3, -0.25) is 4.79 Å². The first kappa shape index (κ1) is 25.7. The van der Waals surface area contributed by atoms with Crippen LogP contribution in [0.4, 0.5) is 0 Å². The smallest absolute Gasteiger partial charge is 0.225 e. The topological polar surface area (TPSA) is 66.5 Å². The normalized spacial score (nSPS) is 17.6. The van der Waals surface area contributed by atoms with Crippen LogP contribution in [0.1, 0.15) is 41.1 Å². The maximum atomic E-state index is 13.4. The SMILES string of the molecule is Cc1ccccc1[C@H](NC(=O)[C@H]1CCCN(S(=O)(=O)Cc2ccc(Cl)cc2Cl)C1)c1ccccc1. The second-order valence-electron chi connectivity index (χ2n) is 8.90. The van der Waals surface area contributed by atoms with Crippen LogP contribution >= 0.6 is 23.2 Å². The minimum Gasteiger partial charge on any atom is -0.345 e. The summed E-state index contributed by atoms with van der Waals surface area (Å²) >= 11 is 12.2. The first-order chi connectivity index (χ1) is 16.7. The fourth-order valence-electron chi connectivity index (χ4n) is 4.49. The van der Waals surface area contributed by atoms with Gasteiger partial charge in [-0.1, -0.05) is 83.9 Å². The van der Waals surface area contributed by atoms with Gasteiger partial charge in [0.2, 0.25) is 15.9 Å². The van der Waals surface area contributed by atoms with Crippen LogP contribution in [0.3, 0.4) is 0 Å². The lowest BCUT2D eigenvalue weighted by Gasteiger charge is -2.32. The summed E-state index contributed by atoms with van der Waals surface area (Å²) in [4.78, 5) is 13.4. The van der Waals surface area contributed by atoms with Crippen molar-refractivity contribution in [1.82, 2.24) is 9.62 Å². The van der Waals surface area contributed by atoms with Crippen LogP contribution in [0.5, 0.6) is 0 Å². The van der Waals surface area contributed by atoms with Gasteiger partial charge in [-0.2, -0.15) is 0 Å². The molecule has 35 heavy (non-hydrogen) atoms. The molecular weight excluding hydrogens is 503 g/mol. The van der Waals surface area contributed by atoms with E-state index in [2.05, 4.69) is 5.32 Å². The van der Waals surface area contributed by atoms with E-state index in [1.807, 2.05) is 61.5 Å². The lowest BCUT2D eigenvalue weighted by molar-refractivity contribution is -0.126. The molecule has 1 heterocycles. The van der Waals surface area contributed by atoms with Gasteiger partial charge in [-0.25, -0.2) is 12.7 Å². The molecule has 1 amide bonds. The summed E-state index contributed by atoms with van der Waals surface area (Å²) in [7, 11) is -3.65. The number of hydrogen-bond acceptors (Lipinski definition) is 3. The molecule has 0 bridgehead atoms. The number of carbonyl (C=O) groups excluding carboxylic acids is 1. The van der Waals surface area contributed by atoms with Gasteiger partial charge in [0.1, 0.15) is 0 Å². The van der Waals surface area contributed by atoms with Gasteiger partial charge in [0.25, 0.3) is 0 Å². The summed E-state index contributed by atoms with van der Waals surface area (Å²) in [5, 5.41) is 3.97. The van der Waals surface area contributed by atoms with E-state index >= 15 is 0 Å². The number of rotatable bonds is 7. The number of piperidine rings is 1. The Labute approximate surface area is 217 Å². The second kappa shape index (κ2) is 11.1. The standard InChI is InChI=1S/C27H28Cl2N2O3S/c1-19-8-5-6-12-24(19)26(20-9-3-2-4-10-20)30-27(32)21-11-7-15-31(17-21)35(33,34)18-22-13-14-23(28)16-25(22)29/h2-6,8-10,12-14,16,21,26H,7,11,15,17-18H2,1H3,(H,30,32)/t21-,26+/m0/s1. The van der Waals surface area contributed by atoms with Crippen LogP contribution in [0.15, 0.2) is 72.8 Å². The summed E-state index contributed by atoms with van der Waals surface area (Å²) < 4.78 is 27.8. The molecule has 0 radical (unpaired) electrons. The summed E-state index contributed by atoms with van der Waals surface area (Å²) in [6.45, 7) is 2.56. The van der Waals surface area contributed by atoms with Gasteiger partial charge in [0.05, 0.1) is 17.7 Å². The zero-order valence-corrected chi connectivity index (χ0v) is 21.8. The van der Waals surface area contributed by atoms with E-state index in [-0.39, 0.29) is 24.2 Å². The number of nitrogens with zero attached hydrogens (tertiary/aromatic N) is 1. The van der Waals surface area contributed by atoms with E-state index in [1.54, 1.807) is 12.1 Å². The zero-order valence-electron chi connectivity index (χ0n) is 19.5. The molecule has 1 N–H and O–H groups in total. The Morgan fingerprint density at radius 2 is 1.77 bits per heavy atom. The lowest BCUT2D eigenvalue weighted by Crippen LogP contribution is -2.46. The predicted molar refractivity (Wildman–Crippen MR) is 141 cm³/mol. The average Bonchev–Trinajstić information content (AvgIpc) is 2.85. The van der Waals surface area contributed by atoms with Crippen LogP contribution in [0.2, 0.25) is 10.0 Å². The highest BCUT2D eigenvalue weighted by Gasteiger charge is 2.34. The van der Waals surface area contributed by atoms with Crippen molar-refractivity contribution in [2.75, 3.05) is 13.1 Å². The Kier molecular flexibility index (Phi) is 8.17. The molecule has 3 aromatic rings. The molecule has 8 heteroatoms. The van der Waals surface area contributed by atoms with E-state index in [1.165, 1.54) is 10.4 Å². The molecule has 1 aliphatic rings. The monoisotopic (exact) mass is 530 g/mol. The highest BCUT2D eigenvalue weighted by molar-refractivity contribution is 7.88. The Balaban J connectivity index is 1.51. The molecule has 0 aliphatic carbocycles. The van der Waals surface area contributed by atoms with E-state index in [9.17, 15) is 13.2 Å². The van der Waals surface area contributed by atoms with Crippen LogP contribution in [-0.4, -0.2) is 31.7 Å². The number of aryl methyl sites for hydroxylation is 1. The van der Waals surface area contributed by atoms with Gasteiger partial charge in [0, 0.05) is 23.1 Å².